The summed E-state index contributed by atoms with van der Waals surface area (Å²) in [6.45, 7) is 1.91. The summed E-state index contributed by atoms with van der Waals surface area (Å²) in [7, 11) is 0. The molecule has 2 saturated heterocycles. The number of rotatable bonds is 0. The Labute approximate surface area is 61.8 Å². The lowest BCUT2D eigenvalue weighted by Crippen LogP contribution is -2.13. The Morgan fingerprint density at radius 1 is 1.40 bits per heavy atom. The molecular weight excluding hydrogens is 124 g/mol. The Kier molecular flexibility index (Phi) is 1.43. The number of fused-ring (bicyclic) bond motifs is 2. The first-order chi connectivity index (χ1) is 4.90. The Hall–Kier alpha value is -0.480. The molecule has 2 aliphatic heterocycles. The Morgan fingerprint density at radius 3 is 2.80 bits per heavy atom. The summed E-state index contributed by atoms with van der Waals surface area (Å²) in [5.74, 6) is 6.72. The summed E-state index contributed by atoms with van der Waals surface area (Å²) < 4.78 is 5.63. The molecule has 2 heterocycles. The van der Waals surface area contributed by atoms with Gasteiger partial charge in [-0.1, -0.05) is 5.92 Å². The van der Waals surface area contributed by atoms with Gasteiger partial charge in [0.2, 0.25) is 0 Å². The van der Waals surface area contributed by atoms with E-state index in [-0.39, 0.29) is 0 Å². The average Bonchev–Trinajstić information content (AvgIpc) is 2.48. The van der Waals surface area contributed by atoms with Gasteiger partial charge in [-0.3, -0.25) is 0 Å². The van der Waals surface area contributed by atoms with Gasteiger partial charge in [-0.25, -0.2) is 0 Å². The molecule has 2 aliphatic rings. The van der Waals surface area contributed by atoms with Gasteiger partial charge in [0.05, 0.1) is 12.2 Å². The van der Waals surface area contributed by atoms with Crippen LogP contribution in [0.5, 0.6) is 0 Å². The first-order valence-corrected chi connectivity index (χ1v) is 3.98. The van der Waals surface area contributed by atoms with E-state index >= 15 is 0 Å². The predicted molar refractivity (Wildman–Crippen MR) is 39.5 cm³/mol. The molecule has 0 amide bonds. The van der Waals surface area contributed by atoms with Gasteiger partial charge in [-0.15, -0.1) is 5.92 Å². The van der Waals surface area contributed by atoms with Crippen molar-refractivity contribution in [3.05, 3.63) is 0 Å². The largest absolute Gasteiger partial charge is 0.374 e. The fourth-order valence-electron chi connectivity index (χ4n) is 1.98. The van der Waals surface area contributed by atoms with Gasteiger partial charge < -0.3 is 4.74 Å². The van der Waals surface area contributed by atoms with Crippen LogP contribution < -0.4 is 0 Å². The molecule has 0 radical (unpaired) electrons. The second-order valence-electron chi connectivity index (χ2n) is 3.11. The van der Waals surface area contributed by atoms with Gasteiger partial charge in [0.15, 0.2) is 0 Å². The van der Waals surface area contributed by atoms with Crippen LogP contribution in [-0.4, -0.2) is 12.2 Å². The monoisotopic (exact) mass is 136 g/mol. The maximum atomic E-state index is 5.63. The standard InChI is InChI=1S/C9H12O/c1-2-3-7-6-8-4-5-9(7)10-8/h7-9H,4-6H2,1H3. The van der Waals surface area contributed by atoms with Crippen molar-refractivity contribution in [1.29, 1.82) is 0 Å². The van der Waals surface area contributed by atoms with Crippen molar-refractivity contribution >= 4 is 0 Å². The summed E-state index contributed by atoms with van der Waals surface area (Å²) in [6.07, 6.45) is 4.73. The second kappa shape index (κ2) is 2.29. The zero-order valence-corrected chi connectivity index (χ0v) is 6.26. The molecule has 2 bridgehead atoms. The molecule has 0 spiro atoms. The van der Waals surface area contributed by atoms with Gasteiger partial charge in [-0.05, 0) is 26.2 Å². The SMILES string of the molecule is CC#CC1CC2CCC1O2. The second-order valence-corrected chi connectivity index (χ2v) is 3.11. The van der Waals surface area contributed by atoms with E-state index in [4.69, 9.17) is 4.74 Å². The minimum Gasteiger partial charge on any atom is -0.374 e. The summed E-state index contributed by atoms with van der Waals surface area (Å²) in [5, 5.41) is 0. The van der Waals surface area contributed by atoms with E-state index < -0.39 is 0 Å². The Balaban J connectivity index is 2.06. The maximum absolute atomic E-state index is 5.63. The summed E-state index contributed by atoms with van der Waals surface area (Å²) in [4.78, 5) is 0. The van der Waals surface area contributed by atoms with Gasteiger partial charge >= 0.3 is 0 Å². The molecule has 2 rings (SSSR count). The van der Waals surface area contributed by atoms with Gasteiger partial charge in [0.1, 0.15) is 0 Å². The number of hydrogen-bond donors (Lipinski definition) is 0. The third kappa shape index (κ3) is 0.839. The van der Waals surface area contributed by atoms with Crippen LogP contribution >= 0.6 is 0 Å². The van der Waals surface area contributed by atoms with Crippen LogP contribution in [-0.2, 0) is 4.74 Å². The van der Waals surface area contributed by atoms with Crippen molar-refractivity contribution in [2.45, 2.75) is 38.4 Å². The van der Waals surface area contributed by atoms with E-state index in [1.807, 2.05) is 6.92 Å². The normalized spacial score (nSPS) is 43.1. The van der Waals surface area contributed by atoms with E-state index in [0.717, 1.165) is 0 Å². The van der Waals surface area contributed by atoms with E-state index in [1.165, 1.54) is 19.3 Å². The lowest BCUT2D eigenvalue weighted by molar-refractivity contribution is 0.0987. The highest BCUT2D eigenvalue weighted by Gasteiger charge is 2.39. The molecule has 0 aromatic rings. The maximum Gasteiger partial charge on any atom is 0.0718 e. The van der Waals surface area contributed by atoms with Crippen LogP contribution in [0.4, 0.5) is 0 Å². The molecule has 0 N–H and O–H groups in total. The quantitative estimate of drug-likeness (QED) is 0.459. The van der Waals surface area contributed by atoms with Crippen LogP contribution in [0, 0.1) is 17.8 Å². The van der Waals surface area contributed by atoms with E-state index in [2.05, 4.69) is 11.8 Å². The minimum absolute atomic E-state index is 0.484. The van der Waals surface area contributed by atoms with Crippen molar-refractivity contribution in [2.24, 2.45) is 5.92 Å². The molecule has 2 fully saturated rings. The number of ether oxygens (including phenoxy) is 1. The molecule has 0 saturated carbocycles. The molecular formula is C9H12O. The Morgan fingerprint density at radius 2 is 2.30 bits per heavy atom. The van der Waals surface area contributed by atoms with Crippen LogP contribution in [0.2, 0.25) is 0 Å². The highest BCUT2D eigenvalue weighted by Crippen LogP contribution is 2.38. The fraction of sp³-hybridized carbons (Fsp3) is 0.778. The highest BCUT2D eigenvalue weighted by molar-refractivity contribution is 5.09. The molecule has 3 unspecified atom stereocenters. The van der Waals surface area contributed by atoms with Gasteiger partial charge in [-0.2, -0.15) is 0 Å². The van der Waals surface area contributed by atoms with Crippen LogP contribution in [0.25, 0.3) is 0 Å². The van der Waals surface area contributed by atoms with Gasteiger partial charge in [0, 0.05) is 5.92 Å². The van der Waals surface area contributed by atoms with Crippen molar-refractivity contribution in [1.82, 2.24) is 0 Å². The van der Waals surface area contributed by atoms with Crippen molar-refractivity contribution in [3.8, 4) is 11.8 Å². The zero-order chi connectivity index (χ0) is 6.97. The predicted octanol–water partition coefficient (Wildman–Crippen LogP) is 1.58. The van der Waals surface area contributed by atoms with E-state index in [9.17, 15) is 0 Å². The number of hydrogen-bond acceptors (Lipinski definition) is 1. The topological polar surface area (TPSA) is 9.23 Å². The van der Waals surface area contributed by atoms with Crippen molar-refractivity contribution in [3.63, 3.8) is 0 Å². The summed E-state index contributed by atoms with van der Waals surface area (Å²) >= 11 is 0. The molecule has 0 aromatic carbocycles. The first-order valence-electron chi connectivity index (χ1n) is 3.98. The van der Waals surface area contributed by atoms with E-state index in [0.29, 0.717) is 18.1 Å². The molecule has 0 aliphatic carbocycles. The Bertz CT molecular complexity index is 187. The molecule has 54 valence electrons. The fourth-order valence-corrected chi connectivity index (χ4v) is 1.98. The highest BCUT2D eigenvalue weighted by atomic mass is 16.5. The van der Waals surface area contributed by atoms with Crippen molar-refractivity contribution in [2.75, 3.05) is 0 Å². The third-order valence-electron chi connectivity index (χ3n) is 2.44. The van der Waals surface area contributed by atoms with Gasteiger partial charge in [0.25, 0.3) is 0 Å². The van der Waals surface area contributed by atoms with Crippen LogP contribution in [0.3, 0.4) is 0 Å². The molecule has 3 atom stereocenters. The molecule has 1 nitrogen and oxygen atoms in total. The smallest absolute Gasteiger partial charge is 0.0718 e. The lowest BCUT2D eigenvalue weighted by Gasteiger charge is -2.10. The minimum atomic E-state index is 0.484. The first kappa shape index (κ1) is 6.24. The zero-order valence-electron chi connectivity index (χ0n) is 6.26. The van der Waals surface area contributed by atoms with Crippen LogP contribution in [0.1, 0.15) is 26.2 Å². The van der Waals surface area contributed by atoms with Crippen LogP contribution in [0.15, 0.2) is 0 Å². The lowest BCUT2D eigenvalue weighted by atomic mass is 9.90. The summed E-state index contributed by atoms with van der Waals surface area (Å²) in [5.41, 5.74) is 0. The third-order valence-corrected chi connectivity index (χ3v) is 2.44. The molecule has 10 heavy (non-hydrogen) atoms. The molecule has 0 aromatic heterocycles. The average molecular weight is 136 g/mol. The van der Waals surface area contributed by atoms with E-state index in [1.54, 1.807) is 0 Å². The molecule has 1 heteroatoms. The van der Waals surface area contributed by atoms with Crippen molar-refractivity contribution < 1.29 is 4.74 Å². The summed E-state index contributed by atoms with van der Waals surface area (Å²) in [6, 6.07) is 0.